The van der Waals surface area contributed by atoms with Crippen LogP contribution in [0.3, 0.4) is 0 Å². The molecule has 4 saturated carbocycles. The van der Waals surface area contributed by atoms with Crippen LogP contribution in [-0.2, 0) is 0 Å². The average molecular weight is 805 g/mol. The number of anilines is 4. The summed E-state index contributed by atoms with van der Waals surface area (Å²) in [6.07, 6.45) is 20.1. The molecule has 0 unspecified atom stereocenters. The van der Waals surface area contributed by atoms with Crippen molar-refractivity contribution >= 4 is 23.3 Å². The van der Waals surface area contributed by atoms with Gasteiger partial charge in [0, 0.05) is 54.7 Å². The first kappa shape index (κ1) is 41.4. The topological polar surface area (TPSA) is 188 Å². The van der Waals surface area contributed by atoms with E-state index in [4.69, 9.17) is 20.2 Å². The highest BCUT2D eigenvalue weighted by atomic mass is 16.5. The summed E-state index contributed by atoms with van der Waals surface area (Å²) in [5.74, 6) is 3.52. The average Bonchev–Trinajstić information content (AvgIpc) is 4.16. The van der Waals surface area contributed by atoms with Gasteiger partial charge < -0.3 is 20.5 Å². The molecule has 6 aromatic rings. The van der Waals surface area contributed by atoms with Crippen LogP contribution in [0.2, 0.25) is 0 Å². The molecule has 0 spiro atoms. The Balaban J connectivity index is 0.000000157. The molecule has 0 saturated heterocycles. The van der Waals surface area contributed by atoms with Gasteiger partial charge in [-0.2, -0.15) is 20.7 Å². The molecule has 4 heterocycles. The van der Waals surface area contributed by atoms with Crippen LogP contribution in [-0.4, -0.2) is 50.7 Å². The molecular formula is C46H52N12O2. The van der Waals surface area contributed by atoms with Crippen LogP contribution in [0.1, 0.15) is 88.9 Å². The lowest BCUT2D eigenvalue weighted by Crippen LogP contribution is -2.32. The second-order valence-corrected chi connectivity index (χ2v) is 16.1. The Morgan fingerprint density at radius 2 is 1.12 bits per heavy atom. The molecule has 308 valence electrons. The number of ether oxygens (including phenoxy) is 1. The Morgan fingerprint density at radius 1 is 0.667 bits per heavy atom. The molecule has 10 rings (SSSR count). The molecule has 4 fully saturated rings. The predicted octanol–water partition coefficient (Wildman–Crippen LogP) is 10.0. The summed E-state index contributed by atoms with van der Waals surface area (Å²) in [6.45, 7) is 6.16. The summed E-state index contributed by atoms with van der Waals surface area (Å²) in [6, 6.07) is 20.6. The fraction of sp³-hybridized carbons (Fsp3) is 0.391. The number of phenolic OH excluding ortho intramolecular Hbond substituents is 1. The summed E-state index contributed by atoms with van der Waals surface area (Å²) >= 11 is 0. The van der Waals surface area contributed by atoms with Gasteiger partial charge in [0.1, 0.15) is 17.6 Å². The number of rotatable bonds is 10. The maximum atomic E-state index is 9.42. The molecule has 0 aliphatic heterocycles. The third-order valence-corrected chi connectivity index (χ3v) is 10.9. The van der Waals surface area contributed by atoms with Gasteiger partial charge in [-0.15, -0.1) is 0 Å². The summed E-state index contributed by atoms with van der Waals surface area (Å²) in [4.78, 5) is 18.1. The maximum Gasteiger partial charge on any atom is 0.227 e. The monoisotopic (exact) mass is 804 g/mol. The van der Waals surface area contributed by atoms with E-state index in [1.165, 1.54) is 25.7 Å². The van der Waals surface area contributed by atoms with E-state index in [9.17, 15) is 5.11 Å². The van der Waals surface area contributed by atoms with Gasteiger partial charge in [0.25, 0.3) is 0 Å². The minimum atomic E-state index is 0. The number of nitrogens with zero attached hydrogens (tertiary/aromatic N) is 10. The molecule has 4 aromatic heterocycles. The van der Waals surface area contributed by atoms with E-state index in [-0.39, 0.29) is 25.2 Å². The third-order valence-electron chi connectivity index (χ3n) is 10.9. The Bertz CT molecular complexity index is 2440. The highest BCUT2D eigenvalue weighted by Crippen LogP contribution is 2.36. The first-order valence-corrected chi connectivity index (χ1v) is 20.3. The Labute approximate surface area is 351 Å². The normalized spacial score (nSPS) is 19.8. The molecule has 14 heteroatoms. The van der Waals surface area contributed by atoms with Crippen molar-refractivity contribution in [3.8, 4) is 46.2 Å². The van der Waals surface area contributed by atoms with Crippen LogP contribution in [0.4, 0.5) is 23.3 Å². The zero-order valence-electron chi connectivity index (χ0n) is 33.5. The van der Waals surface area contributed by atoms with E-state index >= 15 is 0 Å². The fourth-order valence-electron chi connectivity index (χ4n) is 7.01. The summed E-state index contributed by atoms with van der Waals surface area (Å²) < 4.78 is 9.91. The number of benzene rings is 2. The van der Waals surface area contributed by atoms with Crippen molar-refractivity contribution in [2.24, 2.45) is 17.8 Å². The molecule has 0 atom stereocenters. The van der Waals surface area contributed by atoms with E-state index in [2.05, 4.69) is 54.8 Å². The van der Waals surface area contributed by atoms with E-state index in [1.807, 2.05) is 84.4 Å². The zero-order valence-corrected chi connectivity index (χ0v) is 33.5. The van der Waals surface area contributed by atoms with Crippen LogP contribution >= 0.6 is 0 Å². The lowest BCUT2D eigenvalue weighted by Gasteiger charge is -2.30. The predicted molar refractivity (Wildman–Crippen MR) is 231 cm³/mol. The largest absolute Gasteiger partial charge is 0.508 e. The van der Waals surface area contributed by atoms with Crippen molar-refractivity contribution in [2.75, 3.05) is 10.6 Å². The molecular weight excluding hydrogens is 753 g/mol. The lowest BCUT2D eigenvalue weighted by atomic mass is 9.77. The second-order valence-electron chi connectivity index (χ2n) is 16.1. The molecule has 60 heavy (non-hydrogen) atoms. The zero-order chi connectivity index (χ0) is 40.9. The molecule has 0 amide bonds. The van der Waals surface area contributed by atoms with Crippen molar-refractivity contribution in [3.05, 3.63) is 96.8 Å². The molecule has 2 aromatic carbocycles. The van der Waals surface area contributed by atoms with E-state index < -0.39 is 0 Å². The van der Waals surface area contributed by atoms with E-state index in [0.29, 0.717) is 29.9 Å². The first-order chi connectivity index (χ1) is 28.7. The number of hydrogen-bond donors (Lipinski definition) is 3. The molecule has 14 nitrogen and oxygen atoms in total. The van der Waals surface area contributed by atoms with Crippen LogP contribution in [0.5, 0.6) is 11.5 Å². The number of aromatic hydroxyl groups is 1. The van der Waals surface area contributed by atoms with Crippen LogP contribution in [0, 0.1) is 54.3 Å². The minimum Gasteiger partial charge on any atom is -0.508 e. The van der Waals surface area contributed by atoms with Crippen molar-refractivity contribution in [1.29, 1.82) is 10.5 Å². The highest BCUT2D eigenvalue weighted by molar-refractivity contribution is 5.66. The summed E-state index contributed by atoms with van der Waals surface area (Å²) in [5.41, 5.74) is 7.46. The van der Waals surface area contributed by atoms with Crippen molar-refractivity contribution in [2.45, 2.75) is 97.8 Å². The third kappa shape index (κ3) is 10.4. The van der Waals surface area contributed by atoms with Crippen molar-refractivity contribution in [1.82, 2.24) is 39.5 Å². The van der Waals surface area contributed by atoms with Gasteiger partial charge in [0.2, 0.25) is 11.9 Å². The van der Waals surface area contributed by atoms with Crippen LogP contribution in [0.25, 0.3) is 22.5 Å². The number of nitriles is 2. The first-order valence-electron chi connectivity index (χ1n) is 20.3. The molecule has 0 bridgehead atoms. The van der Waals surface area contributed by atoms with Gasteiger partial charge in [-0.1, -0.05) is 14.4 Å². The van der Waals surface area contributed by atoms with Gasteiger partial charge in [-0.25, -0.2) is 19.9 Å². The van der Waals surface area contributed by atoms with E-state index in [0.717, 1.165) is 82.4 Å². The molecule has 0 radical (unpaired) electrons. The maximum absolute atomic E-state index is 9.42. The summed E-state index contributed by atoms with van der Waals surface area (Å²) in [7, 11) is 0. The molecule has 4 aliphatic carbocycles. The number of hydrogen-bond acceptors (Lipinski definition) is 12. The Hall–Kier alpha value is -6.80. The second kappa shape index (κ2) is 18.4. The van der Waals surface area contributed by atoms with Gasteiger partial charge in [0.05, 0.1) is 65.3 Å². The smallest absolute Gasteiger partial charge is 0.227 e. The van der Waals surface area contributed by atoms with Crippen molar-refractivity contribution < 1.29 is 9.84 Å². The number of aryl methyl sites for hydroxylation is 2. The van der Waals surface area contributed by atoms with Gasteiger partial charge >= 0.3 is 0 Å². The van der Waals surface area contributed by atoms with Gasteiger partial charge in [-0.05, 0) is 118 Å². The SMILES string of the molecule is C.CC1CC(C#N)C1.Cc1cnc(Nc2cnn(C3CC3)c2)nc1-c1ccc(O)cc1.Cc1cnc(Nc2cnn(C3CC3)c2)nc1-c1ccc(OC2CC(C#N)C2)cc1. The highest BCUT2D eigenvalue weighted by Gasteiger charge is 2.31. The quantitative estimate of drug-likeness (QED) is 0.119. The standard InChI is InChI=1S/C22H22N6O.C17H17N5O.C6H9N.CH4/c1-14-11-24-22(26-17-12-25-28(13-17)18-4-5-18)27-21(14)16-2-6-19(7-3-16)29-20-8-15(9-20)10-23;1-11-8-18-17(20-13-9-19-22(10-13)14-4-5-14)21-16(11)12-2-6-15(23)7-3-12;1-5-2-6(3-5)4-7;/h2-3,6-7,11-13,15,18,20H,4-5,8-9H2,1H3,(H,24,26,27);2-3,6-10,14,23H,4-5H2,1H3,(H,18,20,21);5-6H,2-3H2,1H3;1H4. The minimum absolute atomic E-state index is 0. The number of aromatic nitrogens is 8. The molecule has 3 N–H and O–H groups in total. The van der Waals surface area contributed by atoms with Gasteiger partial charge in [0.15, 0.2) is 0 Å². The van der Waals surface area contributed by atoms with Crippen molar-refractivity contribution in [3.63, 3.8) is 0 Å². The van der Waals surface area contributed by atoms with E-state index in [1.54, 1.807) is 24.5 Å². The number of phenols is 1. The number of nitrogens with one attached hydrogen (secondary N) is 2. The van der Waals surface area contributed by atoms with Gasteiger partial charge in [-0.3, -0.25) is 9.36 Å². The Morgan fingerprint density at radius 3 is 1.53 bits per heavy atom. The fourth-order valence-corrected chi connectivity index (χ4v) is 7.01. The lowest BCUT2D eigenvalue weighted by molar-refractivity contribution is 0.0893. The van der Waals surface area contributed by atoms with Crippen LogP contribution in [0.15, 0.2) is 85.7 Å². The summed E-state index contributed by atoms with van der Waals surface area (Å²) in [5, 5.41) is 41.7. The van der Waals surface area contributed by atoms with Crippen LogP contribution < -0.4 is 15.4 Å². The molecule has 4 aliphatic rings. The Kier molecular flexibility index (Phi) is 12.7.